The van der Waals surface area contributed by atoms with Gasteiger partial charge in [0.15, 0.2) is 5.16 Å². The van der Waals surface area contributed by atoms with Crippen LogP contribution in [0.3, 0.4) is 0 Å². The van der Waals surface area contributed by atoms with Gasteiger partial charge in [-0.2, -0.15) is 5.10 Å². The van der Waals surface area contributed by atoms with Gasteiger partial charge in [-0.15, -0.1) is 0 Å². The highest BCUT2D eigenvalue weighted by atomic mass is 35.5. The highest BCUT2D eigenvalue weighted by Crippen LogP contribution is 2.20. The molecule has 0 atom stereocenters. The lowest BCUT2D eigenvalue weighted by Crippen LogP contribution is -2.19. The number of para-hydroxylation sites is 3. The first-order valence-corrected chi connectivity index (χ1v) is 10.9. The van der Waals surface area contributed by atoms with Gasteiger partial charge in [0.2, 0.25) is 0 Å². The van der Waals surface area contributed by atoms with Crippen molar-refractivity contribution in [3.8, 4) is 5.75 Å². The predicted molar refractivity (Wildman–Crippen MR) is 125 cm³/mol. The summed E-state index contributed by atoms with van der Waals surface area (Å²) < 4.78 is 5.89. The molecule has 0 aliphatic rings. The van der Waals surface area contributed by atoms with Crippen LogP contribution in [0.25, 0.3) is 11.0 Å². The fourth-order valence-electron chi connectivity index (χ4n) is 2.80. The van der Waals surface area contributed by atoms with E-state index in [2.05, 4.69) is 20.5 Å². The van der Waals surface area contributed by atoms with Crippen molar-refractivity contribution in [2.75, 3.05) is 5.75 Å². The number of rotatable bonds is 8. The molecule has 4 rings (SSSR count). The van der Waals surface area contributed by atoms with Gasteiger partial charge in [-0.25, -0.2) is 10.4 Å². The lowest BCUT2D eigenvalue weighted by atomic mass is 10.2. The van der Waals surface area contributed by atoms with E-state index in [1.54, 1.807) is 6.21 Å². The van der Waals surface area contributed by atoms with Crippen molar-refractivity contribution in [3.05, 3.63) is 88.9 Å². The molecule has 1 aromatic heterocycles. The second-order valence-electron chi connectivity index (χ2n) is 6.59. The first-order chi connectivity index (χ1) is 15.2. The van der Waals surface area contributed by atoms with Crippen LogP contribution in [0.4, 0.5) is 0 Å². The molecule has 3 aromatic carbocycles. The first-order valence-electron chi connectivity index (χ1n) is 9.53. The van der Waals surface area contributed by atoms with Crippen LogP contribution >= 0.6 is 23.4 Å². The maximum atomic E-state index is 12.1. The van der Waals surface area contributed by atoms with Crippen molar-refractivity contribution in [3.63, 3.8) is 0 Å². The van der Waals surface area contributed by atoms with Gasteiger partial charge in [0.25, 0.3) is 5.91 Å². The molecular formula is C23H19ClN4O2S. The van der Waals surface area contributed by atoms with Crippen LogP contribution < -0.4 is 10.2 Å². The van der Waals surface area contributed by atoms with E-state index in [0.717, 1.165) is 22.2 Å². The zero-order chi connectivity index (χ0) is 21.5. The van der Waals surface area contributed by atoms with Gasteiger partial charge in [-0.3, -0.25) is 4.79 Å². The number of halogens is 1. The van der Waals surface area contributed by atoms with Crippen LogP contribution in [0.5, 0.6) is 5.75 Å². The van der Waals surface area contributed by atoms with Gasteiger partial charge in [-0.05, 0) is 42.0 Å². The van der Waals surface area contributed by atoms with Gasteiger partial charge in [0.05, 0.1) is 23.0 Å². The van der Waals surface area contributed by atoms with Crippen LogP contribution in [-0.2, 0) is 11.4 Å². The smallest absolute Gasteiger partial charge is 0.250 e. The SMILES string of the molecule is O=C(CSc1nc2ccccc2[nH]1)N/N=C/c1ccccc1OCc1ccc(Cl)cc1. The van der Waals surface area contributed by atoms with Crippen LogP contribution in [0, 0.1) is 0 Å². The Morgan fingerprint density at radius 3 is 2.71 bits per heavy atom. The monoisotopic (exact) mass is 450 g/mol. The minimum Gasteiger partial charge on any atom is -0.488 e. The fraction of sp³-hybridized carbons (Fsp3) is 0.0870. The van der Waals surface area contributed by atoms with E-state index in [0.29, 0.717) is 22.5 Å². The van der Waals surface area contributed by atoms with Gasteiger partial charge in [-0.1, -0.05) is 59.8 Å². The normalized spacial score (nSPS) is 11.1. The second kappa shape index (κ2) is 10.1. The van der Waals surface area contributed by atoms with E-state index in [4.69, 9.17) is 16.3 Å². The summed E-state index contributed by atoms with van der Waals surface area (Å²) in [7, 11) is 0. The molecule has 0 fully saturated rings. The Bertz CT molecular complexity index is 1170. The maximum Gasteiger partial charge on any atom is 0.250 e. The second-order valence-corrected chi connectivity index (χ2v) is 7.99. The highest BCUT2D eigenvalue weighted by molar-refractivity contribution is 7.99. The fourth-order valence-corrected chi connectivity index (χ4v) is 3.60. The summed E-state index contributed by atoms with van der Waals surface area (Å²) in [4.78, 5) is 19.7. The predicted octanol–water partition coefficient (Wildman–Crippen LogP) is 5.04. The van der Waals surface area contributed by atoms with Crippen LogP contribution in [0.1, 0.15) is 11.1 Å². The van der Waals surface area contributed by atoms with Crippen LogP contribution in [0.2, 0.25) is 5.02 Å². The Hall–Kier alpha value is -3.29. The maximum absolute atomic E-state index is 12.1. The summed E-state index contributed by atoms with van der Waals surface area (Å²) in [6.45, 7) is 0.405. The molecule has 0 spiro atoms. The number of hydrogen-bond acceptors (Lipinski definition) is 5. The average molecular weight is 451 g/mol. The number of carbonyl (C=O) groups is 1. The summed E-state index contributed by atoms with van der Waals surface area (Å²) in [5.41, 5.74) is 6.13. The summed E-state index contributed by atoms with van der Waals surface area (Å²) >= 11 is 7.24. The van der Waals surface area contributed by atoms with Gasteiger partial charge in [0, 0.05) is 10.6 Å². The Labute approximate surface area is 188 Å². The molecule has 2 N–H and O–H groups in total. The molecule has 0 aliphatic heterocycles. The number of amides is 1. The van der Waals surface area contributed by atoms with E-state index < -0.39 is 0 Å². The van der Waals surface area contributed by atoms with Gasteiger partial charge >= 0.3 is 0 Å². The number of nitrogens with one attached hydrogen (secondary N) is 2. The molecule has 1 amide bonds. The van der Waals surface area contributed by atoms with Crippen molar-refractivity contribution in [1.29, 1.82) is 0 Å². The van der Waals surface area contributed by atoms with Crippen molar-refractivity contribution in [2.24, 2.45) is 5.10 Å². The zero-order valence-electron chi connectivity index (χ0n) is 16.4. The number of nitrogens with zero attached hydrogens (tertiary/aromatic N) is 2. The largest absolute Gasteiger partial charge is 0.488 e. The number of imidazole rings is 1. The topological polar surface area (TPSA) is 79.4 Å². The molecule has 8 heteroatoms. The highest BCUT2D eigenvalue weighted by Gasteiger charge is 2.07. The number of fused-ring (bicyclic) bond motifs is 1. The molecule has 0 aliphatic carbocycles. The number of aromatic nitrogens is 2. The third-order valence-electron chi connectivity index (χ3n) is 4.33. The summed E-state index contributed by atoms with van der Waals surface area (Å²) in [6, 6.07) is 22.7. The Balaban J connectivity index is 1.29. The molecule has 0 unspecified atom stereocenters. The summed E-state index contributed by atoms with van der Waals surface area (Å²) in [5.74, 6) is 0.652. The van der Waals surface area contributed by atoms with Crippen LogP contribution in [0.15, 0.2) is 83.1 Å². The first kappa shape index (κ1) is 21.0. The Morgan fingerprint density at radius 1 is 1.10 bits per heavy atom. The van der Waals surface area contributed by atoms with Crippen molar-refractivity contribution >= 4 is 46.5 Å². The van der Waals surface area contributed by atoms with E-state index in [-0.39, 0.29) is 11.7 Å². The number of benzene rings is 3. The van der Waals surface area contributed by atoms with Crippen molar-refractivity contribution < 1.29 is 9.53 Å². The van der Waals surface area contributed by atoms with E-state index in [1.165, 1.54) is 11.8 Å². The standard InChI is InChI=1S/C23H19ClN4O2S/c24-18-11-9-16(10-12-18)14-30-21-8-4-1-5-17(21)13-25-28-22(29)15-31-23-26-19-6-2-3-7-20(19)27-23/h1-13H,14-15H2,(H,26,27)(H,28,29)/b25-13+. The molecule has 31 heavy (non-hydrogen) atoms. The van der Waals surface area contributed by atoms with Gasteiger partial charge in [0.1, 0.15) is 12.4 Å². The van der Waals surface area contributed by atoms with Crippen molar-refractivity contribution in [1.82, 2.24) is 15.4 Å². The molecule has 6 nitrogen and oxygen atoms in total. The Kier molecular flexibility index (Phi) is 6.86. The quantitative estimate of drug-likeness (QED) is 0.224. The third-order valence-corrected chi connectivity index (χ3v) is 5.45. The summed E-state index contributed by atoms with van der Waals surface area (Å²) in [5, 5.41) is 5.44. The molecule has 0 saturated carbocycles. The summed E-state index contributed by atoms with van der Waals surface area (Å²) in [6.07, 6.45) is 1.57. The molecule has 0 radical (unpaired) electrons. The lowest BCUT2D eigenvalue weighted by Gasteiger charge is -2.09. The minimum absolute atomic E-state index is 0.200. The number of carbonyl (C=O) groups excluding carboxylic acids is 1. The molecule has 0 saturated heterocycles. The van der Waals surface area contributed by atoms with Crippen LogP contribution in [-0.4, -0.2) is 27.8 Å². The number of thioether (sulfide) groups is 1. The van der Waals surface area contributed by atoms with E-state index >= 15 is 0 Å². The molecule has 1 heterocycles. The number of aromatic amines is 1. The number of ether oxygens (including phenoxy) is 1. The third kappa shape index (κ3) is 5.87. The average Bonchev–Trinajstić information content (AvgIpc) is 3.21. The number of hydrogen-bond donors (Lipinski definition) is 2. The Morgan fingerprint density at radius 2 is 1.87 bits per heavy atom. The number of H-pyrrole nitrogens is 1. The molecule has 156 valence electrons. The molecular weight excluding hydrogens is 432 g/mol. The minimum atomic E-state index is -0.221. The lowest BCUT2D eigenvalue weighted by molar-refractivity contribution is -0.118. The van der Waals surface area contributed by atoms with E-state index in [9.17, 15) is 4.79 Å². The van der Waals surface area contributed by atoms with Crippen molar-refractivity contribution in [2.45, 2.75) is 11.8 Å². The zero-order valence-corrected chi connectivity index (χ0v) is 18.0. The molecule has 0 bridgehead atoms. The van der Waals surface area contributed by atoms with Gasteiger partial charge < -0.3 is 9.72 Å². The molecule has 4 aromatic rings. The number of hydrazone groups is 1. The van der Waals surface area contributed by atoms with E-state index in [1.807, 2.05) is 72.8 Å².